The van der Waals surface area contributed by atoms with Crippen LogP contribution in [-0.2, 0) is 22.5 Å². The Balaban J connectivity index is 2.00. The molecule has 0 fully saturated rings. The van der Waals surface area contributed by atoms with Crippen molar-refractivity contribution < 1.29 is 9.53 Å². The fourth-order valence-electron chi connectivity index (χ4n) is 2.51. The van der Waals surface area contributed by atoms with Crippen LogP contribution in [0.2, 0.25) is 0 Å². The van der Waals surface area contributed by atoms with E-state index in [-0.39, 0.29) is 5.97 Å². The fraction of sp³-hybridized carbons (Fsp3) is 0.533. The summed E-state index contributed by atoms with van der Waals surface area (Å²) < 4.78 is 5.03. The Morgan fingerprint density at radius 2 is 2.11 bits per heavy atom. The topological polar surface area (TPSA) is 55.6 Å². The highest BCUT2D eigenvalue weighted by Gasteiger charge is 2.33. The summed E-state index contributed by atoms with van der Waals surface area (Å²) in [6, 6.07) is 8.43. The molecule has 0 aliphatic carbocycles. The molecule has 0 bridgehead atoms. The summed E-state index contributed by atoms with van der Waals surface area (Å²) in [6.45, 7) is 6.22. The van der Waals surface area contributed by atoms with E-state index in [1.54, 1.807) is 13.8 Å². The zero-order chi connectivity index (χ0) is 13.9. The first-order valence-electron chi connectivity index (χ1n) is 6.78. The van der Waals surface area contributed by atoms with Gasteiger partial charge in [0.1, 0.15) is 5.54 Å². The van der Waals surface area contributed by atoms with Crippen molar-refractivity contribution in [3.8, 4) is 0 Å². The van der Waals surface area contributed by atoms with Crippen molar-refractivity contribution in [1.82, 2.24) is 4.90 Å². The van der Waals surface area contributed by atoms with Gasteiger partial charge in [0, 0.05) is 19.6 Å². The Morgan fingerprint density at radius 1 is 1.42 bits per heavy atom. The lowest BCUT2D eigenvalue weighted by atomic mass is 9.97. The third-order valence-corrected chi connectivity index (χ3v) is 3.50. The lowest BCUT2D eigenvalue weighted by molar-refractivity contribution is -0.149. The van der Waals surface area contributed by atoms with Gasteiger partial charge in [0.05, 0.1) is 6.61 Å². The lowest BCUT2D eigenvalue weighted by Crippen LogP contribution is -2.55. The molecule has 2 N–H and O–H groups in total. The molecule has 1 atom stereocenters. The maximum absolute atomic E-state index is 11.8. The van der Waals surface area contributed by atoms with E-state index < -0.39 is 5.54 Å². The number of nitrogens with two attached hydrogens (primary N) is 1. The van der Waals surface area contributed by atoms with Crippen molar-refractivity contribution in [3.05, 3.63) is 35.4 Å². The van der Waals surface area contributed by atoms with Crippen LogP contribution >= 0.6 is 0 Å². The quantitative estimate of drug-likeness (QED) is 0.832. The predicted molar refractivity (Wildman–Crippen MR) is 74.6 cm³/mol. The summed E-state index contributed by atoms with van der Waals surface area (Å²) in [7, 11) is 0. The first kappa shape index (κ1) is 14.0. The van der Waals surface area contributed by atoms with Gasteiger partial charge in [0.15, 0.2) is 0 Å². The van der Waals surface area contributed by atoms with Crippen molar-refractivity contribution in [2.24, 2.45) is 5.73 Å². The van der Waals surface area contributed by atoms with E-state index >= 15 is 0 Å². The van der Waals surface area contributed by atoms with E-state index in [0.717, 1.165) is 19.5 Å². The van der Waals surface area contributed by atoms with Crippen LogP contribution < -0.4 is 5.73 Å². The molecule has 1 aromatic carbocycles. The van der Waals surface area contributed by atoms with Crippen molar-refractivity contribution in [2.45, 2.75) is 32.4 Å². The lowest BCUT2D eigenvalue weighted by Gasteiger charge is -2.34. The van der Waals surface area contributed by atoms with Crippen LogP contribution in [0.1, 0.15) is 25.0 Å². The normalized spacial score (nSPS) is 18.5. The van der Waals surface area contributed by atoms with E-state index in [2.05, 4.69) is 29.2 Å². The van der Waals surface area contributed by atoms with E-state index in [1.807, 2.05) is 0 Å². The summed E-state index contributed by atoms with van der Waals surface area (Å²) in [5.41, 5.74) is 7.86. The maximum Gasteiger partial charge on any atom is 0.327 e. The molecule has 0 amide bonds. The van der Waals surface area contributed by atoms with E-state index in [1.165, 1.54) is 11.1 Å². The minimum Gasteiger partial charge on any atom is -0.465 e. The van der Waals surface area contributed by atoms with Crippen molar-refractivity contribution in [1.29, 1.82) is 0 Å². The molecule has 1 aliphatic heterocycles. The SMILES string of the molecule is CCOC(=O)C(C)(N)CN1CCc2ccccc2C1. The molecule has 19 heavy (non-hydrogen) atoms. The van der Waals surface area contributed by atoms with Crippen LogP contribution in [-0.4, -0.2) is 36.1 Å². The largest absolute Gasteiger partial charge is 0.465 e. The van der Waals surface area contributed by atoms with Gasteiger partial charge >= 0.3 is 5.97 Å². The molecule has 104 valence electrons. The molecular formula is C15H22N2O2. The van der Waals surface area contributed by atoms with Gasteiger partial charge in [-0.15, -0.1) is 0 Å². The van der Waals surface area contributed by atoms with E-state index in [0.29, 0.717) is 13.2 Å². The number of benzene rings is 1. The van der Waals surface area contributed by atoms with Gasteiger partial charge in [0.25, 0.3) is 0 Å². The smallest absolute Gasteiger partial charge is 0.327 e. The van der Waals surface area contributed by atoms with Crippen LogP contribution in [0.25, 0.3) is 0 Å². The number of hydrogen-bond donors (Lipinski definition) is 1. The number of rotatable bonds is 4. The van der Waals surface area contributed by atoms with Crippen molar-refractivity contribution >= 4 is 5.97 Å². The highest BCUT2D eigenvalue weighted by molar-refractivity contribution is 5.80. The highest BCUT2D eigenvalue weighted by atomic mass is 16.5. The van der Waals surface area contributed by atoms with Crippen molar-refractivity contribution in [3.63, 3.8) is 0 Å². The average molecular weight is 262 g/mol. The van der Waals surface area contributed by atoms with Gasteiger partial charge < -0.3 is 10.5 Å². The van der Waals surface area contributed by atoms with Gasteiger partial charge in [-0.05, 0) is 31.4 Å². The molecule has 1 aromatic rings. The molecule has 1 unspecified atom stereocenters. The van der Waals surface area contributed by atoms with Crippen LogP contribution in [0, 0.1) is 0 Å². The first-order chi connectivity index (χ1) is 9.03. The van der Waals surface area contributed by atoms with Gasteiger partial charge in [0.2, 0.25) is 0 Å². The Labute approximate surface area is 114 Å². The summed E-state index contributed by atoms with van der Waals surface area (Å²) >= 11 is 0. The van der Waals surface area contributed by atoms with Gasteiger partial charge in [-0.3, -0.25) is 9.69 Å². The minimum absolute atomic E-state index is 0.325. The number of fused-ring (bicyclic) bond motifs is 1. The van der Waals surface area contributed by atoms with Gasteiger partial charge in [-0.1, -0.05) is 24.3 Å². The molecule has 2 rings (SSSR count). The highest BCUT2D eigenvalue weighted by Crippen LogP contribution is 2.20. The number of carbonyl (C=O) groups excluding carboxylic acids is 1. The predicted octanol–water partition coefficient (Wildman–Crippen LogP) is 1.33. The minimum atomic E-state index is -0.942. The van der Waals surface area contributed by atoms with Crippen LogP contribution in [0.3, 0.4) is 0 Å². The van der Waals surface area contributed by atoms with Gasteiger partial charge in [-0.25, -0.2) is 0 Å². The number of nitrogens with zero attached hydrogens (tertiary/aromatic N) is 1. The Morgan fingerprint density at radius 3 is 2.79 bits per heavy atom. The summed E-state index contributed by atoms with van der Waals surface area (Å²) in [6.07, 6.45) is 1.01. The Hall–Kier alpha value is -1.39. The molecule has 0 aromatic heterocycles. The fourth-order valence-corrected chi connectivity index (χ4v) is 2.51. The number of carbonyl (C=O) groups is 1. The molecule has 0 radical (unpaired) electrons. The maximum atomic E-state index is 11.8. The zero-order valence-electron chi connectivity index (χ0n) is 11.7. The summed E-state index contributed by atoms with van der Waals surface area (Å²) in [5, 5.41) is 0. The number of esters is 1. The Bertz CT molecular complexity index is 457. The van der Waals surface area contributed by atoms with Crippen molar-refractivity contribution in [2.75, 3.05) is 19.7 Å². The summed E-state index contributed by atoms with van der Waals surface area (Å²) in [4.78, 5) is 14.0. The van der Waals surface area contributed by atoms with Crippen LogP contribution in [0.5, 0.6) is 0 Å². The molecule has 0 saturated heterocycles. The van der Waals surface area contributed by atoms with Crippen LogP contribution in [0.15, 0.2) is 24.3 Å². The third kappa shape index (κ3) is 3.33. The molecule has 1 heterocycles. The molecule has 4 nitrogen and oxygen atoms in total. The molecule has 4 heteroatoms. The second-order valence-corrected chi connectivity index (χ2v) is 5.37. The Kier molecular flexibility index (Phi) is 4.22. The molecule has 0 spiro atoms. The summed E-state index contributed by atoms with van der Waals surface area (Å²) in [5.74, 6) is -0.325. The van der Waals surface area contributed by atoms with Crippen LogP contribution in [0.4, 0.5) is 0 Å². The standard InChI is InChI=1S/C15H22N2O2/c1-3-19-14(18)15(2,16)11-17-9-8-12-6-4-5-7-13(12)10-17/h4-7H,3,8-11,16H2,1-2H3. The zero-order valence-corrected chi connectivity index (χ0v) is 11.7. The van der Waals surface area contributed by atoms with E-state index in [4.69, 9.17) is 10.5 Å². The molecule has 1 aliphatic rings. The second kappa shape index (κ2) is 5.72. The average Bonchev–Trinajstić information content (AvgIpc) is 2.38. The third-order valence-electron chi connectivity index (χ3n) is 3.50. The second-order valence-electron chi connectivity index (χ2n) is 5.37. The number of hydrogen-bond acceptors (Lipinski definition) is 4. The number of ether oxygens (including phenoxy) is 1. The van der Waals surface area contributed by atoms with Gasteiger partial charge in [-0.2, -0.15) is 0 Å². The monoisotopic (exact) mass is 262 g/mol. The molecule has 0 saturated carbocycles. The van der Waals surface area contributed by atoms with E-state index in [9.17, 15) is 4.79 Å². The first-order valence-corrected chi connectivity index (χ1v) is 6.78. The molecular weight excluding hydrogens is 240 g/mol.